The van der Waals surface area contributed by atoms with Crippen LogP contribution in [0.1, 0.15) is 226 Å². The molecule has 0 aromatic rings. The summed E-state index contributed by atoms with van der Waals surface area (Å²) in [6.07, 6.45) is 39.4. The molecule has 0 saturated carbocycles. The highest BCUT2D eigenvalue weighted by Gasteiger charge is 2.26. The Kier molecular flexibility index (Phi) is 39.8. The van der Waals surface area contributed by atoms with Gasteiger partial charge in [0.25, 0.3) is 0 Å². The van der Waals surface area contributed by atoms with Crippen LogP contribution >= 0.6 is 29.4 Å². The van der Waals surface area contributed by atoms with Gasteiger partial charge < -0.3 is 19.7 Å². The van der Waals surface area contributed by atoms with E-state index in [2.05, 4.69) is 31.3 Å². The van der Waals surface area contributed by atoms with Crippen molar-refractivity contribution in [2.24, 2.45) is 0 Å². The largest absolute Gasteiger partial charge is 0.472 e. The van der Waals surface area contributed by atoms with Crippen LogP contribution in [-0.4, -0.2) is 66.2 Å². The molecule has 2 N–H and O–H groups in total. The van der Waals surface area contributed by atoms with Crippen molar-refractivity contribution >= 4 is 47.3 Å². The molecule has 0 aromatic carbocycles. The number of phosphoric ester groups is 1. The first kappa shape index (κ1) is 57.0. The third-order valence-corrected chi connectivity index (χ3v) is 14.9. The van der Waals surface area contributed by atoms with Gasteiger partial charge in [-0.3, -0.25) is 23.4 Å². The van der Waals surface area contributed by atoms with E-state index in [0.717, 1.165) is 70.6 Å². The summed E-state index contributed by atoms with van der Waals surface area (Å²) in [6, 6.07) is 0. The van der Waals surface area contributed by atoms with E-state index in [1.807, 2.05) is 21.6 Å². The summed E-state index contributed by atoms with van der Waals surface area (Å²) in [5.74, 6) is 0.211. The van der Waals surface area contributed by atoms with Gasteiger partial charge in [0.15, 0.2) is 6.10 Å². The number of esters is 2. The van der Waals surface area contributed by atoms with Crippen LogP contribution in [0.5, 0.6) is 0 Å². The maximum absolute atomic E-state index is 12.8. The molecule has 60 heavy (non-hydrogen) atoms. The molecule has 10 nitrogen and oxygen atoms in total. The molecule has 1 amide bonds. The van der Waals surface area contributed by atoms with Gasteiger partial charge in [-0.15, -0.1) is 0 Å². The second-order valence-corrected chi connectivity index (χ2v) is 20.9. The number of rotatable bonds is 44. The highest BCUT2D eigenvalue weighted by Crippen LogP contribution is 2.43. The summed E-state index contributed by atoms with van der Waals surface area (Å²) in [7, 11) is -0.670. The maximum atomic E-state index is 12.8. The van der Waals surface area contributed by atoms with E-state index in [1.54, 1.807) is 0 Å². The molecule has 0 radical (unpaired) electrons. The fraction of sp³-hybridized carbons (Fsp3) is 0.894. The number of hydrogen-bond acceptors (Lipinski definition) is 10. The van der Waals surface area contributed by atoms with Crippen LogP contribution < -0.4 is 5.32 Å². The lowest BCUT2D eigenvalue weighted by molar-refractivity contribution is -0.161. The first-order chi connectivity index (χ1) is 29.3. The monoisotopic (exact) mass is 906 g/mol. The summed E-state index contributed by atoms with van der Waals surface area (Å²) < 4.78 is 33.9. The second kappa shape index (κ2) is 41.9. The molecule has 0 aliphatic carbocycles. The Labute approximate surface area is 374 Å². The van der Waals surface area contributed by atoms with Crippen molar-refractivity contribution in [2.45, 2.75) is 237 Å². The third kappa shape index (κ3) is 38.6. The molecule has 3 unspecified atom stereocenters. The molecular formula is C47H88NO9PS2. The zero-order chi connectivity index (χ0) is 43.6. The van der Waals surface area contributed by atoms with Crippen molar-refractivity contribution in [3.63, 3.8) is 0 Å². The average Bonchev–Trinajstić information content (AvgIpc) is 3.76. The number of nitrogens with one attached hydrogen (secondary N) is 1. The van der Waals surface area contributed by atoms with Crippen molar-refractivity contribution in [2.75, 3.05) is 32.1 Å². The molecule has 1 fully saturated rings. The molecule has 0 spiro atoms. The lowest BCUT2D eigenvalue weighted by Crippen LogP contribution is -2.30. The molecule has 3 atom stereocenters. The van der Waals surface area contributed by atoms with Gasteiger partial charge in [0, 0.05) is 36.8 Å². The van der Waals surface area contributed by atoms with Gasteiger partial charge in [0.05, 0.1) is 13.2 Å². The van der Waals surface area contributed by atoms with E-state index in [0.29, 0.717) is 18.1 Å². The van der Waals surface area contributed by atoms with Gasteiger partial charge in [-0.2, -0.15) is 0 Å². The molecule has 1 aliphatic rings. The Hall–Kier alpha value is -1.04. The van der Waals surface area contributed by atoms with E-state index in [1.165, 1.54) is 121 Å². The van der Waals surface area contributed by atoms with Crippen LogP contribution in [0.25, 0.3) is 0 Å². The van der Waals surface area contributed by atoms with E-state index in [-0.39, 0.29) is 38.5 Å². The summed E-state index contributed by atoms with van der Waals surface area (Å²) in [5.41, 5.74) is 0. The Morgan fingerprint density at radius 2 is 1.15 bits per heavy atom. The first-order valence-electron chi connectivity index (χ1n) is 24.4. The number of unbranched alkanes of at least 4 members (excludes halogenated alkanes) is 24. The van der Waals surface area contributed by atoms with Crippen LogP contribution in [0.15, 0.2) is 12.2 Å². The molecule has 1 saturated heterocycles. The van der Waals surface area contributed by atoms with Crippen molar-refractivity contribution in [3.8, 4) is 0 Å². The average molecular weight is 906 g/mol. The number of carbonyl (C=O) groups excluding carboxylic acids is 3. The van der Waals surface area contributed by atoms with Crippen LogP contribution in [-0.2, 0) is 37.5 Å². The fourth-order valence-corrected chi connectivity index (χ4v) is 10.9. The van der Waals surface area contributed by atoms with Gasteiger partial charge in [0.1, 0.15) is 6.61 Å². The second-order valence-electron chi connectivity index (χ2n) is 16.6. The van der Waals surface area contributed by atoms with Crippen LogP contribution in [0.4, 0.5) is 0 Å². The minimum Gasteiger partial charge on any atom is -0.462 e. The van der Waals surface area contributed by atoms with E-state index < -0.39 is 32.5 Å². The van der Waals surface area contributed by atoms with Gasteiger partial charge in [-0.1, -0.05) is 182 Å². The molecule has 1 heterocycles. The SMILES string of the molecule is CCCCCCCC/C=C/CCCCCCCC(=O)OC(COC(=O)CCCCCCCCCCCCCCC)COP(=O)(O)OCCNC(=O)CCCCC1CCSS1. The normalized spacial score (nSPS) is 15.6. The predicted molar refractivity (Wildman–Crippen MR) is 252 cm³/mol. The minimum absolute atomic E-state index is 0.0625. The summed E-state index contributed by atoms with van der Waals surface area (Å²) in [5, 5.41) is 3.40. The number of phosphoric acid groups is 1. The van der Waals surface area contributed by atoms with Crippen molar-refractivity contribution in [1.82, 2.24) is 5.32 Å². The van der Waals surface area contributed by atoms with Crippen molar-refractivity contribution < 1.29 is 42.4 Å². The molecule has 1 aliphatic heterocycles. The van der Waals surface area contributed by atoms with Crippen LogP contribution in [0.2, 0.25) is 0 Å². The highest BCUT2D eigenvalue weighted by atomic mass is 33.1. The van der Waals surface area contributed by atoms with Crippen molar-refractivity contribution in [1.29, 1.82) is 0 Å². The van der Waals surface area contributed by atoms with Crippen LogP contribution in [0.3, 0.4) is 0 Å². The molecular weight excluding hydrogens is 818 g/mol. The van der Waals surface area contributed by atoms with Gasteiger partial charge in [-0.25, -0.2) is 4.57 Å². The number of hydrogen-bond donors (Lipinski definition) is 2. The number of amides is 1. The third-order valence-electron chi connectivity index (χ3n) is 10.9. The molecule has 0 aromatic heterocycles. The quantitative estimate of drug-likeness (QED) is 0.0199. The Morgan fingerprint density at radius 3 is 1.68 bits per heavy atom. The highest BCUT2D eigenvalue weighted by molar-refractivity contribution is 8.77. The number of allylic oxidation sites excluding steroid dienone is 2. The zero-order valence-electron chi connectivity index (χ0n) is 38.2. The topological polar surface area (TPSA) is 137 Å². The van der Waals surface area contributed by atoms with E-state index >= 15 is 0 Å². The molecule has 1 rings (SSSR count). The number of carbonyl (C=O) groups is 3. The first-order valence-corrected chi connectivity index (χ1v) is 28.3. The van der Waals surface area contributed by atoms with Gasteiger partial charge in [-0.05, 0) is 57.8 Å². The van der Waals surface area contributed by atoms with E-state index in [9.17, 15) is 23.8 Å². The summed E-state index contributed by atoms with van der Waals surface area (Å²) in [6.45, 7) is 3.59. The minimum atomic E-state index is -4.53. The van der Waals surface area contributed by atoms with Gasteiger partial charge in [0.2, 0.25) is 5.91 Å². The Balaban J connectivity index is 2.35. The molecule has 13 heteroatoms. The Morgan fingerprint density at radius 1 is 0.650 bits per heavy atom. The molecule has 352 valence electrons. The van der Waals surface area contributed by atoms with Crippen molar-refractivity contribution in [3.05, 3.63) is 12.2 Å². The van der Waals surface area contributed by atoms with Gasteiger partial charge >= 0.3 is 19.8 Å². The smallest absolute Gasteiger partial charge is 0.462 e. The van der Waals surface area contributed by atoms with E-state index in [4.69, 9.17) is 18.5 Å². The number of ether oxygens (including phenoxy) is 2. The Bertz CT molecular complexity index is 1110. The fourth-order valence-electron chi connectivity index (χ4n) is 7.12. The molecule has 0 bridgehead atoms. The van der Waals surface area contributed by atoms with Crippen LogP contribution in [0, 0.1) is 0 Å². The lowest BCUT2D eigenvalue weighted by atomic mass is 10.0. The maximum Gasteiger partial charge on any atom is 0.472 e. The standard InChI is InChI=1S/C47H88NO9PS2/c1-3-5-7-9-11-13-15-17-18-20-22-24-26-28-30-36-47(51)57-43(41-54-46(50)35-29-27-25-23-21-19-16-14-12-10-8-6-4-2)42-56-58(52,53)55-39-38-48-45(49)34-32-31-33-44-37-40-59-60-44/h17-18,43-44H,3-16,19-42H2,1-2H3,(H,48,49)(H,52,53)/b18-17+. The summed E-state index contributed by atoms with van der Waals surface area (Å²) in [4.78, 5) is 47.8. The zero-order valence-corrected chi connectivity index (χ0v) is 40.7. The summed E-state index contributed by atoms with van der Waals surface area (Å²) >= 11 is 0. The predicted octanol–water partition coefficient (Wildman–Crippen LogP) is 13.9. The lowest BCUT2D eigenvalue weighted by Gasteiger charge is -2.20.